The number of alkyl halides is 3. The summed E-state index contributed by atoms with van der Waals surface area (Å²) in [5, 5.41) is 4.92. The van der Waals surface area contributed by atoms with Crippen LogP contribution >= 0.6 is 22.9 Å². The highest BCUT2D eigenvalue weighted by atomic mass is 35.5. The normalized spacial score (nSPS) is 15.3. The Kier molecular flexibility index (Phi) is 5.07. The standard InChI is InChI=1S/C17H13ClF3N3O3S2/c18-13-5-4-11(7-12(13)17(19,20)21)24-29(25,26)14-6-10(8-28-14)15-22-16(27-23-15)9-2-1-3-9/h4-9,24H,1-3H2. The molecular formula is C17H13ClF3N3O3S2. The molecule has 1 aromatic carbocycles. The average Bonchev–Trinajstić information content (AvgIpc) is 3.23. The lowest BCUT2D eigenvalue weighted by Crippen LogP contribution is -2.13. The molecule has 12 heteroatoms. The molecule has 1 saturated carbocycles. The molecule has 0 radical (unpaired) electrons. The highest BCUT2D eigenvalue weighted by Crippen LogP contribution is 2.38. The molecule has 0 bridgehead atoms. The summed E-state index contributed by atoms with van der Waals surface area (Å²) in [5.41, 5.74) is -0.915. The van der Waals surface area contributed by atoms with E-state index in [0.717, 1.165) is 42.7 Å². The van der Waals surface area contributed by atoms with E-state index in [2.05, 4.69) is 14.9 Å². The van der Waals surface area contributed by atoms with Crippen LogP contribution in [0.25, 0.3) is 11.4 Å². The maximum absolute atomic E-state index is 13.0. The molecule has 2 heterocycles. The maximum Gasteiger partial charge on any atom is 0.417 e. The van der Waals surface area contributed by atoms with Crippen molar-refractivity contribution in [2.24, 2.45) is 0 Å². The number of sulfonamides is 1. The van der Waals surface area contributed by atoms with E-state index in [1.54, 1.807) is 5.38 Å². The zero-order valence-electron chi connectivity index (χ0n) is 14.5. The van der Waals surface area contributed by atoms with Crippen molar-refractivity contribution in [1.29, 1.82) is 0 Å². The van der Waals surface area contributed by atoms with Gasteiger partial charge >= 0.3 is 6.18 Å². The summed E-state index contributed by atoms with van der Waals surface area (Å²) in [6, 6.07) is 4.15. The Morgan fingerprint density at radius 2 is 2.00 bits per heavy atom. The number of benzene rings is 1. The lowest BCUT2D eigenvalue weighted by Gasteiger charge is -2.20. The first kappa shape index (κ1) is 20.2. The van der Waals surface area contributed by atoms with Gasteiger partial charge in [-0.1, -0.05) is 23.2 Å². The summed E-state index contributed by atoms with van der Waals surface area (Å²) in [4.78, 5) is 4.30. The quantitative estimate of drug-likeness (QED) is 0.537. The van der Waals surface area contributed by atoms with Gasteiger partial charge in [0.1, 0.15) is 4.21 Å². The smallest absolute Gasteiger partial charge is 0.339 e. The van der Waals surface area contributed by atoms with Gasteiger partial charge in [-0.05, 0) is 37.1 Å². The first-order chi connectivity index (χ1) is 13.6. The number of halogens is 4. The maximum atomic E-state index is 13.0. The number of nitrogens with one attached hydrogen (secondary N) is 1. The lowest BCUT2D eigenvalue weighted by atomic mass is 9.85. The fourth-order valence-corrected chi connectivity index (χ4v) is 5.19. The second kappa shape index (κ2) is 7.29. The molecule has 29 heavy (non-hydrogen) atoms. The zero-order valence-corrected chi connectivity index (χ0v) is 16.9. The van der Waals surface area contributed by atoms with Gasteiger partial charge in [0.2, 0.25) is 11.7 Å². The van der Waals surface area contributed by atoms with Crippen molar-refractivity contribution >= 4 is 38.6 Å². The van der Waals surface area contributed by atoms with E-state index in [-0.39, 0.29) is 21.6 Å². The van der Waals surface area contributed by atoms with Gasteiger partial charge in [0, 0.05) is 22.5 Å². The third-order valence-electron chi connectivity index (χ3n) is 4.52. The molecule has 0 spiro atoms. The summed E-state index contributed by atoms with van der Waals surface area (Å²) in [5.74, 6) is 1.05. The second-order valence-electron chi connectivity index (χ2n) is 6.54. The van der Waals surface area contributed by atoms with Crippen molar-refractivity contribution in [1.82, 2.24) is 10.1 Å². The first-order valence-electron chi connectivity index (χ1n) is 8.45. The second-order valence-corrected chi connectivity index (χ2v) is 9.76. The predicted octanol–water partition coefficient (Wildman–Crippen LogP) is 5.54. The van der Waals surface area contributed by atoms with Gasteiger partial charge in [-0.15, -0.1) is 11.3 Å². The Hall–Kier alpha value is -2.11. The van der Waals surface area contributed by atoms with Gasteiger partial charge in [0.15, 0.2) is 0 Å². The summed E-state index contributed by atoms with van der Waals surface area (Å²) >= 11 is 6.46. The van der Waals surface area contributed by atoms with Crippen molar-refractivity contribution in [3.63, 3.8) is 0 Å². The zero-order chi connectivity index (χ0) is 20.8. The van der Waals surface area contributed by atoms with E-state index in [4.69, 9.17) is 16.1 Å². The Morgan fingerprint density at radius 3 is 2.66 bits per heavy atom. The van der Waals surface area contributed by atoms with Gasteiger partial charge in [0.05, 0.1) is 10.6 Å². The Balaban J connectivity index is 1.56. The Morgan fingerprint density at radius 1 is 1.24 bits per heavy atom. The summed E-state index contributed by atoms with van der Waals surface area (Å²) in [6.45, 7) is 0. The molecular weight excluding hydrogens is 451 g/mol. The summed E-state index contributed by atoms with van der Waals surface area (Å²) < 4.78 is 71.4. The third kappa shape index (κ3) is 4.12. The van der Waals surface area contributed by atoms with Crippen LogP contribution in [0, 0.1) is 0 Å². The van der Waals surface area contributed by atoms with E-state index in [0.29, 0.717) is 17.5 Å². The minimum absolute atomic E-state index is 0.0917. The molecule has 6 nitrogen and oxygen atoms in total. The van der Waals surface area contributed by atoms with Gasteiger partial charge in [-0.2, -0.15) is 18.2 Å². The number of thiophene rings is 1. The van der Waals surface area contributed by atoms with E-state index >= 15 is 0 Å². The van der Waals surface area contributed by atoms with Gasteiger partial charge in [-0.25, -0.2) is 8.42 Å². The molecule has 0 saturated heterocycles. The number of hydrogen-bond acceptors (Lipinski definition) is 6. The van der Waals surface area contributed by atoms with Crippen LogP contribution in [0.5, 0.6) is 0 Å². The average molecular weight is 464 g/mol. The molecule has 0 atom stereocenters. The molecule has 3 aromatic rings. The van der Waals surface area contributed by atoms with Crippen LogP contribution in [0.1, 0.15) is 36.6 Å². The highest BCUT2D eigenvalue weighted by Gasteiger charge is 2.34. The van der Waals surface area contributed by atoms with Crippen LogP contribution in [-0.2, 0) is 16.2 Å². The highest BCUT2D eigenvalue weighted by molar-refractivity contribution is 7.94. The topological polar surface area (TPSA) is 85.1 Å². The van der Waals surface area contributed by atoms with Crippen molar-refractivity contribution in [3.8, 4) is 11.4 Å². The van der Waals surface area contributed by atoms with Crippen LogP contribution < -0.4 is 4.72 Å². The monoisotopic (exact) mass is 463 g/mol. The van der Waals surface area contributed by atoms with Gasteiger partial charge in [0.25, 0.3) is 10.0 Å². The molecule has 1 aliphatic rings. The first-order valence-corrected chi connectivity index (χ1v) is 11.2. The number of nitrogens with zero attached hydrogens (tertiary/aromatic N) is 2. The largest absolute Gasteiger partial charge is 0.417 e. The molecule has 0 amide bonds. The molecule has 4 rings (SSSR count). The predicted molar refractivity (Wildman–Crippen MR) is 101 cm³/mol. The number of hydrogen-bond donors (Lipinski definition) is 1. The van der Waals surface area contributed by atoms with E-state index in [1.807, 2.05) is 0 Å². The van der Waals surface area contributed by atoms with Crippen LogP contribution in [0.4, 0.5) is 18.9 Å². The molecule has 154 valence electrons. The van der Waals surface area contributed by atoms with Crippen LogP contribution in [0.2, 0.25) is 5.02 Å². The molecule has 1 aliphatic carbocycles. The number of rotatable bonds is 5. The number of aromatic nitrogens is 2. The third-order valence-corrected chi connectivity index (χ3v) is 7.67. The van der Waals surface area contributed by atoms with Crippen molar-refractivity contribution in [2.45, 2.75) is 35.6 Å². The van der Waals surface area contributed by atoms with Crippen molar-refractivity contribution in [2.75, 3.05) is 4.72 Å². The lowest BCUT2D eigenvalue weighted by molar-refractivity contribution is -0.137. The van der Waals surface area contributed by atoms with Gasteiger partial charge < -0.3 is 4.52 Å². The fourth-order valence-electron chi connectivity index (χ4n) is 2.76. The van der Waals surface area contributed by atoms with E-state index in [1.165, 1.54) is 6.07 Å². The minimum atomic E-state index is -4.70. The van der Waals surface area contributed by atoms with Crippen molar-refractivity contribution in [3.05, 3.63) is 46.1 Å². The van der Waals surface area contributed by atoms with Crippen LogP contribution in [0.3, 0.4) is 0 Å². The summed E-state index contributed by atoms with van der Waals surface area (Å²) in [6.07, 6.45) is -1.63. The van der Waals surface area contributed by atoms with Gasteiger partial charge in [-0.3, -0.25) is 4.72 Å². The molecule has 0 aliphatic heterocycles. The SMILES string of the molecule is O=S(=O)(Nc1ccc(Cl)c(C(F)(F)F)c1)c1cc(-c2noc(C3CCC3)n2)cs1. The van der Waals surface area contributed by atoms with Crippen LogP contribution in [-0.4, -0.2) is 18.6 Å². The molecule has 2 aromatic heterocycles. The fraction of sp³-hybridized carbons (Fsp3) is 0.294. The number of anilines is 1. The van der Waals surface area contributed by atoms with E-state index < -0.39 is 26.8 Å². The summed E-state index contributed by atoms with van der Waals surface area (Å²) in [7, 11) is -4.11. The van der Waals surface area contributed by atoms with Crippen LogP contribution in [0.15, 0.2) is 38.4 Å². The molecule has 0 unspecified atom stereocenters. The Bertz CT molecular complexity index is 1150. The van der Waals surface area contributed by atoms with Crippen molar-refractivity contribution < 1.29 is 26.1 Å². The molecule has 1 N–H and O–H groups in total. The minimum Gasteiger partial charge on any atom is -0.339 e. The Labute approximate surface area is 172 Å². The molecule has 1 fully saturated rings. The van der Waals surface area contributed by atoms with E-state index in [9.17, 15) is 21.6 Å².